The molecule has 1 saturated carbocycles. The summed E-state index contributed by atoms with van der Waals surface area (Å²) < 4.78 is 0. The van der Waals surface area contributed by atoms with Crippen LogP contribution in [0.2, 0.25) is 0 Å². The summed E-state index contributed by atoms with van der Waals surface area (Å²) in [7, 11) is 0. The van der Waals surface area contributed by atoms with Gasteiger partial charge in [-0.25, -0.2) is 0 Å². The van der Waals surface area contributed by atoms with Gasteiger partial charge in [-0.3, -0.25) is 19.9 Å². The van der Waals surface area contributed by atoms with E-state index in [1.807, 2.05) is 0 Å². The second-order valence-electron chi connectivity index (χ2n) is 4.21. The van der Waals surface area contributed by atoms with Crippen molar-refractivity contribution in [1.29, 1.82) is 0 Å². The van der Waals surface area contributed by atoms with E-state index in [1.165, 1.54) is 12.1 Å². The molecule has 0 amide bonds. The molecule has 0 unspecified atom stereocenters. The summed E-state index contributed by atoms with van der Waals surface area (Å²) in [5.41, 5.74) is 4.71. The first-order valence-electron chi connectivity index (χ1n) is 5.05. The summed E-state index contributed by atoms with van der Waals surface area (Å²) in [5.74, 6) is -0.986. The zero-order valence-corrected chi connectivity index (χ0v) is 8.87. The maximum absolute atomic E-state index is 11.2. The Labute approximate surface area is 96.4 Å². The number of carbonyl (C=O) groups is 1. The van der Waals surface area contributed by atoms with E-state index in [-0.39, 0.29) is 11.7 Å². The van der Waals surface area contributed by atoms with Crippen molar-refractivity contribution in [2.45, 2.75) is 24.3 Å². The minimum Gasteiger partial charge on any atom is -0.481 e. The quantitative estimate of drug-likeness (QED) is 0.581. The lowest BCUT2D eigenvalue weighted by Gasteiger charge is -2.41. The van der Waals surface area contributed by atoms with Gasteiger partial charge in [0.15, 0.2) is 0 Å². The highest BCUT2D eigenvalue weighted by Gasteiger charge is 2.51. The fourth-order valence-electron chi connectivity index (χ4n) is 2.11. The van der Waals surface area contributed by atoms with Crippen molar-refractivity contribution < 1.29 is 14.8 Å². The van der Waals surface area contributed by atoms with Gasteiger partial charge in [-0.2, -0.15) is 0 Å². The number of pyridine rings is 1. The first-order chi connectivity index (χ1) is 7.95. The Morgan fingerprint density at radius 2 is 2.24 bits per heavy atom. The smallest absolute Gasteiger partial charge is 0.315 e. The summed E-state index contributed by atoms with van der Waals surface area (Å²) in [4.78, 5) is 25.0. The third-order valence-electron chi connectivity index (χ3n) is 3.08. The van der Waals surface area contributed by atoms with Crippen LogP contribution in [0.25, 0.3) is 0 Å². The molecule has 2 rings (SSSR count). The molecule has 0 saturated heterocycles. The molecule has 1 heterocycles. The van der Waals surface area contributed by atoms with E-state index in [2.05, 4.69) is 4.98 Å². The molecular weight excluding hydrogens is 226 g/mol. The van der Waals surface area contributed by atoms with Gasteiger partial charge in [-0.05, 0) is 18.9 Å². The van der Waals surface area contributed by atoms with E-state index < -0.39 is 16.3 Å². The summed E-state index contributed by atoms with van der Waals surface area (Å²) in [6.45, 7) is 0. The van der Waals surface area contributed by atoms with E-state index in [9.17, 15) is 20.0 Å². The summed E-state index contributed by atoms with van der Waals surface area (Å²) in [6.07, 6.45) is 1.70. The Bertz CT molecular complexity index is 465. The average Bonchev–Trinajstić information content (AvgIpc) is 2.24. The fourth-order valence-corrected chi connectivity index (χ4v) is 2.11. The molecule has 1 fully saturated rings. The SMILES string of the molecule is NC1CC(C(=O)O)(c2ccc([N+](=O)[O-])cn2)C1. The minimum absolute atomic E-state index is 0.150. The van der Waals surface area contributed by atoms with Crippen LogP contribution >= 0.6 is 0 Å². The second kappa shape index (κ2) is 3.77. The lowest BCUT2D eigenvalue weighted by molar-refractivity contribution is -0.385. The number of aromatic nitrogens is 1. The average molecular weight is 237 g/mol. The first-order valence-corrected chi connectivity index (χ1v) is 5.05. The van der Waals surface area contributed by atoms with E-state index in [4.69, 9.17) is 5.73 Å². The fraction of sp³-hybridized carbons (Fsp3) is 0.400. The Hall–Kier alpha value is -2.02. The van der Waals surface area contributed by atoms with Gasteiger partial charge < -0.3 is 10.8 Å². The lowest BCUT2D eigenvalue weighted by atomic mass is 9.63. The number of carboxylic acid groups (broad SMARTS) is 1. The molecule has 1 aliphatic carbocycles. The van der Waals surface area contributed by atoms with E-state index in [0.717, 1.165) is 6.20 Å². The molecule has 0 atom stereocenters. The molecule has 7 heteroatoms. The van der Waals surface area contributed by atoms with Gasteiger partial charge in [-0.1, -0.05) is 0 Å². The standard InChI is InChI=1S/C10H11N3O4/c11-6-3-10(4-6,9(14)15)8-2-1-7(5-12-8)13(16)17/h1-2,5-6H,3-4,11H2,(H,14,15). The number of hydrogen-bond donors (Lipinski definition) is 2. The topological polar surface area (TPSA) is 119 Å². The number of hydrogen-bond acceptors (Lipinski definition) is 5. The normalized spacial score (nSPS) is 27.2. The third kappa shape index (κ3) is 1.74. The Kier molecular flexibility index (Phi) is 2.55. The number of carboxylic acids is 1. The highest BCUT2D eigenvalue weighted by Crippen LogP contribution is 2.42. The minimum atomic E-state index is -1.07. The van der Waals surface area contributed by atoms with Gasteiger partial charge in [0.05, 0.1) is 10.6 Å². The monoisotopic (exact) mass is 237 g/mol. The summed E-state index contributed by atoms with van der Waals surface area (Å²) in [6, 6.07) is 2.50. The van der Waals surface area contributed by atoms with Gasteiger partial charge in [0.25, 0.3) is 5.69 Å². The van der Waals surface area contributed by atoms with E-state index in [0.29, 0.717) is 18.5 Å². The molecule has 0 aromatic carbocycles. The van der Waals surface area contributed by atoms with Crippen LogP contribution in [-0.4, -0.2) is 27.0 Å². The first kappa shape index (κ1) is 11.5. The van der Waals surface area contributed by atoms with Crippen LogP contribution in [0.4, 0.5) is 5.69 Å². The van der Waals surface area contributed by atoms with Crippen molar-refractivity contribution in [3.05, 3.63) is 34.1 Å². The largest absolute Gasteiger partial charge is 0.481 e. The van der Waals surface area contributed by atoms with Crippen molar-refractivity contribution in [3.63, 3.8) is 0 Å². The van der Waals surface area contributed by atoms with Crippen LogP contribution in [0.1, 0.15) is 18.5 Å². The van der Waals surface area contributed by atoms with Crippen molar-refractivity contribution in [1.82, 2.24) is 4.98 Å². The van der Waals surface area contributed by atoms with Crippen LogP contribution in [-0.2, 0) is 10.2 Å². The van der Waals surface area contributed by atoms with Gasteiger partial charge in [0, 0.05) is 12.1 Å². The van der Waals surface area contributed by atoms with Gasteiger partial charge in [-0.15, -0.1) is 0 Å². The molecule has 7 nitrogen and oxygen atoms in total. The van der Waals surface area contributed by atoms with Crippen molar-refractivity contribution in [2.24, 2.45) is 5.73 Å². The number of nitrogens with two attached hydrogens (primary N) is 1. The zero-order chi connectivity index (χ0) is 12.6. The predicted molar refractivity (Wildman–Crippen MR) is 57.4 cm³/mol. The molecular formula is C10H11N3O4. The molecule has 1 aliphatic rings. The maximum Gasteiger partial charge on any atom is 0.315 e. The van der Waals surface area contributed by atoms with Gasteiger partial charge >= 0.3 is 5.97 Å². The molecule has 17 heavy (non-hydrogen) atoms. The highest BCUT2D eigenvalue weighted by atomic mass is 16.6. The molecule has 0 bridgehead atoms. The Morgan fingerprint density at radius 3 is 2.59 bits per heavy atom. The Morgan fingerprint density at radius 1 is 1.59 bits per heavy atom. The molecule has 3 N–H and O–H groups in total. The van der Waals surface area contributed by atoms with Crippen molar-refractivity contribution in [2.75, 3.05) is 0 Å². The third-order valence-corrected chi connectivity index (χ3v) is 3.08. The Balaban J connectivity index is 2.33. The number of nitro groups is 1. The molecule has 0 spiro atoms. The summed E-state index contributed by atoms with van der Waals surface area (Å²) in [5, 5.41) is 19.7. The van der Waals surface area contributed by atoms with Crippen LogP contribution in [0.15, 0.2) is 18.3 Å². The molecule has 0 radical (unpaired) electrons. The zero-order valence-electron chi connectivity index (χ0n) is 8.87. The van der Waals surface area contributed by atoms with Crippen molar-refractivity contribution in [3.8, 4) is 0 Å². The molecule has 90 valence electrons. The maximum atomic E-state index is 11.2. The van der Waals surface area contributed by atoms with Crippen molar-refractivity contribution >= 4 is 11.7 Å². The molecule has 0 aliphatic heterocycles. The lowest BCUT2D eigenvalue weighted by Crippen LogP contribution is -2.54. The van der Waals surface area contributed by atoms with Gasteiger partial charge in [0.2, 0.25) is 0 Å². The van der Waals surface area contributed by atoms with Crippen LogP contribution in [0.3, 0.4) is 0 Å². The van der Waals surface area contributed by atoms with E-state index in [1.54, 1.807) is 0 Å². The van der Waals surface area contributed by atoms with Crippen LogP contribution < -0.4 is 5.73 Å². The molecule has 1 aromatic rings. The highest BCUT2D eigenvalue weighted by molar-refractivity contribution is 5.82. The number of nitrogens with zero attached hydrogens (tertiary/aromatic N) is 2. The summed E-state index contributed by atoms with van der Waals surface area (Å²) >= 11 is 0. The second-order valence-corrected chi connectivity index (χ2v) is 4.21. The van der Waals surface area contributed by atoms with E-state index >= 15 is 0 Å². The van der Waals surface area contributed by atoms with Crippen LogP contribution in [0, 0.1) is 10.1 Å². The number of rotatable bonds is 3. The predicted octanol–water partition coefficient (Wildman–Crippen LogP) is 0.433. The molecule has 1 aromatic heterocycles. The van der Waals surface area contributed by atoms with Crippen LogP contribution in [0.5, 0.6) is 0 Å². The number of aliphatic carboxylic acids is 1. The van der Waals surface area contributed by atoms with Gasteiger partial charge in [0.1, 0.15) is 11.6 Å².